The second kappa shape index (κ2) is 7.05. The van der Waals surface area contributed by atoms with Crippen molar-refractivity contribution in [2.24, 2.45) is 0 Å². The highest BCUT2D eigenvalue weighted by Crippen LogP contribution is 2.40. The molecule has 0 aliphatic carbocycles. The average molecular weight is 488 g/mol. The summed E-state index contributed by atoms with van der Waals surface area (Å²) in [7, 11) is 0. The van der Waals surface area contributed by atoms with E-state index in [2.05, 4.69) is 72.2 Å². The summed E-state index contributed by atoms with van der Waals surface area (Å²) in [5.41, 5.74) is 2.27. The first kappa shape index (κ1) is 16.0. The molecule has 1 aromatic carbocycles. The number of thiophene rings is 1. The van der Waals surface area contributed by atoms with E-state index < -0.39 is 0 Å². The van der Waals surface area contributed by atoms with Crippen molar-refractivity contribution < 1.29 is 0 Å². The van der Waals surface area contributed by atoms with Crippen molar-refractivity contribution in [1.29, 1.82) is 0 Å². The Labute approximate surface area is 147 Å². The highest BCUT2D eigenvalue weighted by Gasteiger charge is 2.20. The van der Waals surface area contributed by atoms with E-state index in [1.807, 2.05) is 12.1 Å². The van der Waals surface area contributed by atoms with Crippen LogP contribution in [0.5, 0.6) is 0 Å². The van der Waals surface area contributed by atoms with Crippen LogP contribution in [0.1, 0.15) is 24.1 Å². The van der Waals surface area contributed by atoms with E-state index >= 15 is 0 Å². The Hall–Kier alpha value is 0.610. The Morgan fingerprint density at radius 1 is 1.21 bits per heavy atom. The number of benzene rings is 1. The SMILES string of the molecule is CCNC(c1cc(Br)ccc1Cl)c1cc(Br)sc1Br. The average Bonchev–Trinajstić information content (AvgIpc) is 2.69. The van der Waals surface area contributed by atoms with Crippen LogP contribution < -0.4 is 5.32 Å². The molecule has 0 spiro atoms. The minimum absolute atomic E-state index is 0.0759. The molecule has 0 aliphatic rings. The summed E-state index contributed by atoms with van der Waals surface area (Å²) in [5.74, 6) is 0. The number of hydrogen-bond acceptors (Lipinski definition) is 2. The van der Waals surface area contributed by atoms with Crippen molar-refractivity contribution in [3.05, 3.63) is 52.5 Å². The third kappa shape index (κ3) is 3.83. The molecule has 1 atom stereocenters. The normalized spacial score (nSPS) is 12.7. The molecule has 1 unspecified atom stereocenters. The molecule has 2 aromatic rings. The zero-order chi connectivity index (χ0) is 14.0. The van der Waals surface area contributed by atoms with Gasteiger partial charge in [0.15, 0.2) is 0 Å². The molecule has 0 radical (unpaired) electrons. The summed E-state index contributed by atoms with van der Waals surface area (Å²) in [6.07, 6.45) is 0. The molecule has 1 heterocycles. The van der Waals surface area contributed by atoms with Crippen LogP contribution in [0.15, 0.2) is 36.3 Å². The van der Waals surface area contributed by atoms with Crippen LogP contribution in [0, 0.1) is 0 Å². The van der Waals surface area contributed by atoms with Gasteiger partial charge in [0.1, 0.15) is 0 Å². The molecule has 19 heavy (non-hydrogen) atoms. The van der Waals surface area contributed by atoms with Crippen LogP contribution in [0.4, 0.5) is 0 Å². The third-order valence-corrected chi connectivity index (χ3v) is 5.89. The van der Waals surface area contributed by atoms with E-state index in [0.29, 0.717) is 0 Å². The molecule has 2 rings (SSSR count). The van der Waals surface area contributed by atoms with E-state index in [1.54, 1.807) is 11.3 Å². The first-order chi connectivity index (χ1) is 9.02. The van der Waals surface area contributed by atoms with Crippen molar-refractivity contribution in [2.75, 3.05) is 6.54 Å². The van der Waals surface area contributed by atoms with Gasteiger partial charge in [0, 0.05) is 9.50 Å². The second-order valence-electron chi connectivity index (χ2n) is 3.94. The van der Waals surface area contributed by atoms with Crippen molar-refractivity contribution in [2.45, 2.75) is 13.0 Å². The van der Waals surface area contributed by atoms with Gasteiger partial charge in [-0.3, -0.25) is 0 Å². The van der Waals surface area contributed by atoms with E-state index in [1.165, 1.54) is 5.56 Å². The van der Waals surface area contributed by atoms with E-state index in [4.69, 9.17) is 11.6 Å². The number of nitrogens with one attached hydrogen (secondary N) is 1. The van der Waals surface area contributed by atoms with Gasteiger partial charge in [0.05, 0.1) is 13.6 Å². The molecule has 0 bridgehead atoms. The Morgan fingerprint density at radius 2 is 1.95 bits per heavy atom. The fourth-order valence-electron chi connectivity index (χ4n) is 1.88. The number of rotatable bonds is 4. The van der Waals surface area contributed by atoms with Gasteiger partial charge in [-0.25, -0.2) is 0 Å². The summed E-state index contributed by atoms with van der Waals surface area (Å²) in [6, 6.07) is 8.13. The van der Waals surface area contributed by atoms with E-state index in [9.17, 15) is 0 Å². The maximum atomic E-state index is 6.35. The molecule has 6 heteroatoms. The maximum absolute atomic E-state index is 6.35. The van der Waals surface area contributed by atoms with Gasteiger partial charge in [-0.15, -0.1) is 11.3 Å². The monoisotopic (exact) mass is 485 g/mol. The van der Waals surface area contributed by atoms with Crippen molar-refractivity contribution in [3.8, 4) is 0 Å². The van der Waals surface area contributed by atoms with E-state index in [0.717, 1.165) is 29.2 Å². The van der Waals surface area contributed by atoms with Gasteiger partial charge in [-0.05, 0) is 73.8 Å². The Morgan fingerprint density at radius 3 is 2.53 bits per heavy atom. The molecule has 0 amide bonds. The minimum atomic E-state index is 0.0759. The number of halogens is 4. The fraction of sp³-hybridized carbons (Fsp3) is 0.231. The smallest absolute Gasteiger partial charge is 0.0761 e. The third-order valence-electron chi connectivity index (χ3n) is 2.67. The standard InChI is InChI=1S/C13H11Br3ClNS/c1-2-18-12(9-6-11(15)19-13(9)16)8-5-7(14)3-4-10(8)17/h3-6,12,18H,2H2,1H3. The van der Waals surface area contributed by atoms with Gasteiger partial charge < -0.3 is 5.32 Å². The lowest BCUT2D eigenvalue weighted by Gasteiger charge is -2.19. The Balaban J connectivity index is 2.51. The predicted octanol–water partition coefficient (Wildman–Crippen LogP) is 6.39. The molecule has 1 aromatic heterocycles. The Bertz CT molecular complexity index is 585. The summed E-state index contributed by atoms with van der Waals surface area (Å²) in [4.78, 5) is 0. The largest absolute Gasteiger partial charge is 0.306 e. The number of hydrogen-bond donors (Lipinski definition) is 1. The van der Waals surface area contributed by atoms with Crippen LogP contribution in [-0.4, -0.2) is 6.54 Å². The van der Waals surface area contributed by atoms with Gasteiger partial charge in [0.2, 0.25) is 0 Å². The summed E-state index contributed by atoms with van der Waals surface area (Å²) in [5, 5.41) is 4.25. The zero-order valence-corrected chi connectivity index (χ0v) is 16.3. The van der Waals surface area contributed by atoms with Gasteiger partial charge in [0.25, 0.3) is 0 Å². The fourth-order valence-corrected chi connectivity index (χ4v) is 5.38. The van der Waals surface area contributed by atoms with Crippen molar-refractivity contribution in [1.82, 2.24) is 5.32 Å². The maximum Gasteiger partial charge on any atom is 0.0761 e. The molecule has 1 nitrogen and oxygen atoms in total. The van der Waals surface area contributed by atoms with Crippen LogP contribution >= 0.6 is 70.7 Å². The highest BCUT2D eigenvalue weighted by molar-refractivity contribution is 9.12. The van der Waals surface area contributed by atoms with Gasteiger partial charge >= 0.3 is 0 Å². The lowest BCUT2D eigenvalue weighted by molar-refractivity contribution is 0.630. The summed E-state index contributed by atoms with van der Waals surface area (Å²) in [6.45, 7) is 2.96. The molecular formula is C13H11Br3ClNS. The van der Waals surface area contributed by atoms with Crippen LogP contribution in [-0.2, 0) is 0 Å². The summed E-state index contributed by atoms with van der Waals surface area (Å²) >= 11 is 18.7. The van der Waals surface area contributed by atoms with Crippen LogP contribution in [0.2, 0.25) is 5.02 Å². The molecule has 0 aliphatic heterocycles. The van der Waals surface area contributed by atoms with E-state index in [-0.39, 0.29) is 6.04 Å². The molecular weight excluding hydrogens is 477 g/mol. The predicted molar refractivity (Wildman–Crippen MR) is 94.4 cm³/mol. The zero-order valence-electron chi connectivity index (χ0n) is 10.0. The Kier molecular flexibility index (Phi) is 5.93. The lowest BCUT2D eigenvalue weighted by atomic mass is 10.0. The van der Waals surface area contributed by atoms with Crippen LogP contribution in [0.3, 0.4) is 0 Å². The van der Waals surface area contributed by atoms with Crippen molar-refractivity contribution >= 4 is 70.7 Å². The highest BCUT2D eigenvalue weighted by atomic mass is 79.9. The quantitative estimate of drug-likeness (QED) is 0.526. The van der Waals surface area contributed by atoms with Crippen molar-refractivity contribution in [3.63, 3.8) is 0 Å². The first-order valence-corrected chi connectivity index (χ1v) is 9.23. The lowest BCUT2D eigenvalue weighted by Crippen LogP contribution is -2.22. The molecule has 1 N–H and O–H groups in total. The van der Waals surface area contributed by atoms with Crippen LogP contribution in [0.25, 0.3) is 0 Å². The summed E-state index contributed by atoms with van der Waals surface area (Å²) < 4.78 is 3.24. The molecule has 102 valence electrons. The van der Waals surface area contributed by atoms with Gasteiger partial charge in [-0.1, -0.05) is 34.5 Å². The van der Waals surface area contributed by atoms with Gasteiger partial charge in [-0.2, -0.15) is 0 Å². The second-order valence-corrected chi connectivity index (χ2v) is 9.01. The first-order valence-electron chi connectivity index (χ1n) is 5.66. The molecule has 0 saturated heterocycles. The molecule has 0 saturated carbocycles. The molecule has 0 fully saturated rings. The minimum Gasteiger partial charge on any atom is -0.306 e. The topological polar surface area (TPSA) is 12.0 Å².